The van der Waals surface area contributed by atoms with Crippen LogP contribution >= 0.6 is 0 Å². The lowest BCUT2D eigenvalue weighted by atomic mass is 9.98. The summed E-state index contributed by atoms with van der Waals surface area (Å²) in [6.45, 7) is -1.02. The summed E-state index contributed by atoms with van der Waals surface area (Å²) >= 11 is 0. The lowest BCUT2D eigenvalue weighted by molar-refractivity contribution is -0.0527. The molecule has 0 fully saturated rings. The van der Waals surface area contributed by atoms with Crippen molar-refractivity contribution in [1.82, 2.24) is 34.4 Å². The lowest BCUT2D eigenvalue weighted by Gasteiger charge is -2.25. The Hall–Kier alpha value is -5.08. The van der Waals surface area contributed by atoms with Crippen molar-refractivity contribution in [3.63, 3.8) is 0 Å². The van der Waals surface area contributed by atoms with E-state index in [1.54, 1.807) is 25.3 Å². The number of ether oxygens (including phenoxy) is 3. The van der Waals surface area contributed by atoms with E-state index in [-0.39, 0.29) is 48.0 Å². The number of fused-ring (bicyclic) bond motifs is 2. The summed E-state index contributed by atoms with van der Waals surface area (Å²) in [6.07, 6.45) is -0.467. The number of alkyl carbamates (subject to hydrolysis) is 1. The predicted octanol–water partition coefficient (Wildman–Crippen LogP) is 5.35. The maximum Gasteiger partial charge on any atom is 0.407 e. The van der Waals surface area contributed by atoms with Crippen LogP contribution in [0.4, 0.5) is 22.4 Å². The van der Waals surface area contributed by atoms with Gasteiger partial charge in [0, 0.05) is 37.1 Å². The molecule has 3 aromatic rings. The topological polar surface area (TPSA) is 110 Å². The minimum atomic E-state index is -3.18. The van der Waals surface area contributed by atoms with E-state index < -0.39 is 36.7 Å². The highest BCUT2D eigenvalue weighted by molar-refractivity contribution is 5.97. The third-order valence-electron chi connectivity index (χ3n) is 7.01. The van der Waals surface area contributed by atoms with Crippen molar-refractivity contribution in [3.05, 3.63) is 66.1 Å². The Balaban J connectivity index is 1.54. The molecule has 1 atom stereocenters. The van der Waals surface area contributed by atoms with Crippen LogP contribution in [0.1, 0.15) is 24.6 Å². The Morgan fingerprint density at radius 3 is 2.61 bits per heavy atom. The van der Waals surface area contributed by atoms with Gasteiger partial charge in [0.05, 0.1) is 36.0 Å². The van der Waals surface area contributed by atoms with Crippen molar-refractivity contribution in [2.24, 2.45) is 7.05 Å². The maximum atomic E-state index is 14.6. The average Bonchev–Trinajstić information content (AvgIpc) is 3.65. The number of alkyl halides is 4. The van der Waals surface area contributed by atoms with E-state index in [1.165, 1.54) is 22.6 Å². The Morgan fingerprint density at radius 2 is 1.89 bits per heavy atom. The minimum Gasteiger partial charge on any atom is -0.475 e. The van der Waals surface area contributed by atoms with Crippen molar-refractivity contribution in [1.29, 1.82) is 0 Å². The van der Waals surface area contributed by atoms with Gasteiger partial charge in [-0.05, 0) is 24.6 Å². The number of nitrogens with zero attached hydrogens (tertiary/aromatic N) is 6. The van der Waals surface area contributed by atoms with Crippen LogP contribution in [0.25, 0.3) is 33.8 Å². The van der Waals surface area contributed by atoms with Gasteiger partial charge < -0.3 is 24.1 Å². The largest absolute Gasteiger partial charge is 0.475 e. The van der Waals surface area contributed by atoms with Crippen LogP contribution in [0.3, 0.4) is 0 Å². The van der Waals surface area contributed by atoms with Crippen LogP contribution in [0.15, 0.2) is 54.9 Å². The van der Waals surface area contributed by atoms with Crippen LogP contribution in [0, 0.1) is 0 Å². The molecule has 44 heavy (non-hydrogen) atoms. The van der Waals surface area contributed by atoms with E-state index >= 15 is 0 Å². The number of nitrogens with one attached hydrogen (secondary N) is 1. The molecule has 0 saturated carbocycles. The summed E-state index contributed by atoms with van der Waals surface area (Å²) in [4.78, 5) is 16.8. The highest BCUT2D eigenvalue weighted by Gasteiger charge is 2.37. The summed E-state index contributed by atoms with van der Waals surface area (Å²) in [5, 5.41) is 10.8. The number of pyridine rings is 1. The highest BCUT2D eigenvalue weighted by Crippen LogP contribution is 2.49. The molecule has 3 aliphatic heterocycles. The number of carbonyl (C=O) groups is 1. The molecular formula is C29H27F4N7O4. The molecule has 15 heteroatoms. The summed E-state index contributed by atoms with van der Waals surface area (Å²) in [6, 6.07) is 12.4. The highest BCUT2D eigenvalue weighted by atomic mass is 19.3. The molecule has 0 spiro atoms. The van der Waals surface area contributed by atoms with Crippen molar-refractivity contribution in [2.45, 2.75) is 39.1 Å². The van der Waals surface area contributed by atoms with Gasteiger partial charge in [-0.1, -0.05) is 30.3 Å². The molecule has 1 aromatic carbocycles. The maximum absolute atomic E-state index is 14.6. The zero-order valence-corrected chi connectivity index (χ0v) is 23.6. The van der Waals surface area contributed by atoms with E-state index in [4.69, 9.17) is 19.2 Å². The van der Waals surface area contributed by atoms with Crippen molar-refractivity contribution in [2.75, 3.05) is 13.2 Å². The molecule has 0 bridgehead atoms. The molecule has 230 valence electrons. The van der Waals surface area contributed by atoms with Gasteiger partial charge in [0.2, 0.25) is 11.8 Å². The molecule has 1 amide bonds. The first-order valence-corrected chi connectivity index (χ1v) is 13.7. The Kier molecular flexibility index (Phi) is 7.84. The molecule has 2 aromatic heterocycles. The molecule has 3 aliphatic rings. The zero-order chi connectivity index (χ0) is 31.0. The second-order valence-electron chi connectivity index (χ2n) is 10.0. The second kappa shape index (κ2) is 11.9. The van der Waals surface area contributed by atoms with Gasteiger partial charge >= 0.3 is 12.7 Å². The minimum absolute atomic E-state index is 0.00101. The smallest absolute Gasteiger partial charge is 0.407 e. The monoisotopic (exact) mass is 613 g/mol. The molecule has 0 unspecified atom stereocenters. The number of hydrogen-bond donors (Lipinski definition) is 1. The van der Waals surface area contributed by atoms with Gasteiger partial charge in [-0.15, -0.1) is 5.10 Å². The summed E-state index contributed by atoms with van der Waals surface area (Å²) in [5.41, 5.74) is 1.14. The number of aryl methyl sites for hydroxylation is 1. The van der Waals surface area contributed by atoms with Gasteiger partial charge in [0.15, 0.2) is 0 Å². The summed E-state index contributed by atoms with van der Waals surface area (Å²) < 4.78 is 76.1. The molecule has 6 rings (SSSR count). The fourth-order valence-electron chi connectivity index (χ4n) is 5.30. The third kappa shape index (κ3) is 5.52. The van der Waals surface area contributed by atoms with E-state index in [0.29, 0.717) is 17.9 Å². The van der Waals surface area contributed by atoms with Crippen molar-refractivity contribution < 1.29 is 36.6 Å². The summed E-state index contributed by atoms with van der Waals surface area (Å²) in [7, 11) is 1.53. The number of rotatable bonds is 9. The van der Waals surface area contributed by atoms with Gasteiger partial charge in [0.1, 0.15) is 18.1 Å². The number of carbonyl (C=O) groups excluding carboxylic acids is 1. The summed E-state index contributed by atoms with van der Waals surface area (Å²) in [5.74, 6) is 0.0166. The molecule has 1 N–H and O–H groups in total. The molecule has 0 aliphatic carbocycles. The Bertz CT molecular complexity index is 1750. The first-order valence-electron chi connectivity index (χ1n) is 13.7. The Morgan fingerprint density at radius 1 is 1.09 bits per heavy atom. The molecule has 5 heterocycles. The van der Waals surface area contributed by atoms with Crippen LogP contribution < -0.4 is 14.8 Å². The fourth-order valence-corrected chi connectivity index (χ4v) is 5.30. The van der Waals surface area contributed by atoms with E-state index in [2.05, 4.69) is 15.5 Å². The number of aromatic nitrogens is 6. The first-order chi connectivity index (χ1) is 21.2. The number of amides is 1. The zero-order valence-electron chi connectivity index (χ0n) is 23.6. The molecular weight excluding hydrogens is 586 g/mol. The van der Waals surface area contributed by atoms with Gasteiger partial charge in [-0.3, -0.25) is 4.68 Å². The normalized spacial score (nSPS) is 14.6. The second-order valence-corrected chi connectivity index (χ2v) is 10.0. The van der Waals surface area contributed by atoms with Gasteiger partial charge in [-0.2, -0.15) is 13.9 Å². The van der Waals surface area contributed by atoms with Gasteiger partial charge in [-0.25, -0.2) is 23.2 Å². The van der Waals surface area contributed by atoms with Crippen LogP contribution in [-0.2, 0) is 24.9 Å². The molecule has 11 nitrogen and oxygen atoms in total. The molecule has 0 saturated heterocycles. The third-order valence-corrected chi connectivity index (χ3v) is 7.01. The lowest BCUT2D eigenvalue weighted by Crippen LogP contribution is -2.45. The first kappa shape index (κ1) is 29.0. The van der Waals surface area contributed by atoms with E-state index in [0.717, 1.165) is 5.56 Å². The SMILES string of the molecule is CCOC(=O)N[C@@H]1COc2c(-c3nc4n(Cc5ccccc5)cccc-4c3-c3cn(C)nc3OC(F)F)c(C(F)F)nn2C1. The average molecular weight is 614 g/mol. The number of hydrogen-bond acceptors (Lipinski definition) is 7. The van der Waals surface area contributed by atoms with Gasteiger partial charge in [0.25, 0.3) is 6.43 Å². The molecule has 0 radical (unpaired) electrons. The quantitative estimate of drug-likeness (QED) is 0.223. The fraction of sp³-hybridized carbons (Fsp3) is 0.310. The Labute approximate surface area is 248 Å². The number of benzene rings is 1. The van der Waals surface area contributed by atoms with E-state index in [9.17, 15) is 22.4 Å². The van der Waals surface area contributed by atoms with Crippen LogP contribution in [-0.4, -0.2) is 61.1 Å². The van der Waals surface area contributed by atoms with Crippen molar-refractivity contribution in [3.8, 4) is 45.5 Å². The van der Waals surface area contributed by atoms with Crippen LogP contribution in [0.2, 0.25) is 0 Å². The predicted molar refractivity (Wildman–Crippen MR) is 149 cm³/mol. The standard InChI is InChI=1S/C29H27F4N7O4/c1-3-42-29(41)34-17-13-40-27(43-15-17)21(23(36-40)24(30)31)22-20(19-14-38(2)37-26(19)44-28(32)33)18-10-7-11-39(25(18)35-22)12-16-8-5-4-6-9-16/h4-11,14,17,24,28H,3,12-13,15H2,1-2H3,(H,34,41)/t17-/m0/s1. The number of halogens is 4. The van der Waals surface area contributed by atoms with Crippen molar-refractivity contribution >= 4 is 6.09 Å². The van der Waals surface area contributed by atoms with Crippen LogP contribution in [0.5, 0.6) is 11.8 Å². The van der Waals surface area contributed by atoms with E-state index in [1.807, 2.05) is 34.9 Å².